The highest BCUT2D eigenvalue weighted by Crippen LogP contribution is 2.23. The molecule has 0 aromatic carbocycles. The molecule has 0 bridgehead atoms. The molecule has 1 amide bonds. The molecule has 0 spiro atoms. The van der Waals surface area contributed by atoms with Gasteiger partial charge < -0.3 is 10.2 Å². The van der Waals surface area contributed by atoms with Gasteiger partial charge in [0.25, 0.3) is 5.91 Å². The highest BCUT2D eigenvalue weighted by atomic mass is 16.1. The molecule has 0 saturated carbocycles. The maximum Gasteiger partial charge on any atom is 0.271 e. The molecule has 1 unspecified atom stereocenters. The molecule has 7 nitrogen and oxygen atoms in total. The quantitative estimate of drug-likeness (QED) is 0.895. The van der Waals surface area contributed by atoms with Crippen molar-refractivity contribution in [3.63, 3.8) is 0 Å². The molecule has 132 valence electrons. The van der Waals surface area contributed by atoms with Gasteiger partial charge in [0.1, 0.15) is 11.6 Å². The van der Waals surface area contributed by atoms with Crippen LogP contribution in [0.25, 0.3) is 0 Å². The highest BCUT2D eigenvalue weighted by Gasteiger charge is 2.21. The van der Waals surface area contributed by atoms with Gasteiger partial charge in [-0.15, -0.1) is 5.10 Å². The summed E-state index contributed by atoms with van der Waals surface area (Å²) < 4.78 is 0. The molecule has 3 rings (SSSR count). The van der Waals surface area contributed by atoms with E-state index < -0.39 is 0 Å². The molecule has 0 radical (unpaired) electrons. The van der Waals surface area contributed by atoms with Crippen LogP contribution in [0.5, 0.6) is 0 Å². The third-order valence-electron chi connectivity index (χ3n) is 4.47. The molecule has 1 fully saturated rings. The van der Waals surface area contributed by atoms with E-state index in [0.29, 0.717) is 18.2 Å². The van der Waals surface area contributed by atoms with Crippen LogP contribution in [0, 0.1) is 19.8 Å². The van der Waals surface area contributed by atoms with Gasteiger partial charge in [-0.3, -0.25) is 4.79 Å². The Morgan fingerprint density at radius 1 is 1.28 bits per heavy atom. The van der Waals surface area contributed by atoms with Crippen molar-refractivity contribution < 1.29 is 4.79 Å². The molecule has 1 aliphatic heterocycles. The number of amides is 1. The van der Waals surface area contributed by atoms with Crippen molar-refractivity contribution in [2.24, 2.45) is 5.92 Å². The average Bonchev–Trinajstić information content (AvgIpc) is 2.62. The second-order valence-corrected chi connectivity index (χ2v) is 6.52. The first kappa shape index (κ1) is 17.3. The Kier molecular flexibility index (Phi) is 5.53. The van der Waals surface area contributed by atoms with Gasteiger partial charge in [0.05, 0.1) is 5.69 Å². The van der Waals surface area contributed by atoms with Crippen LogP contribution >= 0.6 is 0 Å². The smallest absolute Gasteiger partial charge is 0.271 e. The Morgan fingerprint density at radius 2 is 2.16 bits per heavy atom. The van der Waals surface area contributed by atoms with Gasteiger partial charge in [0.15, 0.2) is 5.69 Å². The van der Waals surface area contributed by atoms with Crippen LogP contribution in [-0.2, 0) is 0 Å². The second kappa shape index (κ2) is 8.00. The molecule has 0 aliphatic carbocycles. The number of piperidine rings is 1. The van der Waals surface area contributed by atoms with Gasteiger partial charge in [-0.05, 0) is 57.2 Å². The molecule has 25 heavy (non-hydrogen) atoms. The van der Waals surface area contributed by atoms with Gasteiger partial charge >= 0.3 is 0 Å². The van der Waals surface area contributed by atoms with Crippen molar-refractivity contribution in [2.45, 2.75) is 33.1 Å². The topological polar surface area (TPSA) is 83.9 Å². The minimum Gasteiger partial charge on any atom is -0.356 e. The van der Waals surface area contributed by atoms with E-state index in [1.807, 2.05) is 26.1 Å². The molecule has 1 aliphatic rings. The largest absolute Gasteiger partial charge is 0.356 e. The van der Waals surface area contributed by atoms with Crippen LogP contribution in [0.1, 0.15) is 41.3 Å². The number of carbonyl (C=O) groups excluding carboxylic acids is 1. The van der Waals surface area contributed by atoms with Crippen molar-refractivity contribution in [1.82, 2.24) is 25.5 Å². The lowest BCUT2D eigenvalue weighted by atomic mass is 9.95. The first-order valence-electron chi connectivity index (χ1n) is 8.75. The number of nitrogens with zero attached hydrogens (tertiary/aromatic N) is 5. The molecule has 2 aromatic heterocycles. The number of aromatic nitrogens is 4. The zero-order chi connectivity index (χ0) is 17.6. The number of aryl methyl sites for hydroxylation is 2. The minimum atomic E-state index is -0.161. The fourth-order valence-electron chi connectivity index (χ4n) is 3.13. The summed E-state index contributed by atoms with van der Waals surface area (Å²) in [6.45, 7) is 6.40. The summed E-state index contributed by atoms with van der Waals surface area (Å²) in [6.07, 6.45) is 5.08. The number of nitrogens with one attached hydrogen (secondary N) is 1. The van der Waals surface area contributed by atoms with Crippen molar-refractivity contribution in [3.05, 3.63) is 41.6 Å². The molecule has 1 atom stereocenters. The number of anilines is 1. The normalized spacial score (nSPS) is 17.4. The molecular weight excluding hydrogens is 316 g/mol. The number of hydrogen-bond acceptors (Lipinski definition) is 6. The van der Waals surface area contributed by atoms with E-state index in [1.165, 1.54) is 6.42 Å². The van der Waals surface area contributed by atoms with Crippen LogP contribution in [0.3, 0.4) is 0 Å². The molecule has 1 saturated heterocycles. The van der Waals surface area contributed by atoms with E-state index in [0.717, 1.165) is 43.3 Å². The van der Waals surface area contributed by atoms with Gasteiger partial charge in [-0.2, -0.15) is 5.10 Å². The lowest BCUT2D eigenvalue weighted by Gasteiger charge is -2.33. The van der Waals surface area contributed by atoms with Gasteiger partial charge in [0, 0.05) is 25.8 Å². The summed E-state index contributed by atoms with van der Waals surface area (Å²) >= 11 is 0. The summed E-state index contributed by atoms with van der Waals surface area (Å²) in [4.78, 5) is 23.1. The van der Waals surface area contributed by atoms with E-state index in [-0.39, 0.29) is 5.91 Å². The van der Waals surface area contributed by atoms with Crippen molar-refractivity contribution >= 4 is 11.7 Å². The van der Waals surface area contributed by atoms with E-state index in [2.05, 4.69) is 30.4 Å². The zero-order valence-electron chi connectivity index (χ0n) is 14.8. The van der Waals surface area contributed by atoms with Crippen LogP contribution in [-0.4, -0.2) is 45.7 Å². The Labute approximate surface area is 147 Å². The van der Waals surface area contributed by atoms with Crippen LogP contribution in [0.2, 0.25) is 0 Å². The average molecular weight is 340 g/mol. The second-order valence-electron chi connectivity index (χ2n) is 6.52. The number of rotatable bonds is 5. The SMILES string of the molecule is Cc1ccc(C(=O)NCCC2CCCN(c3ccnc(C)n3)C2)nn1. The number of hydrogen-bond donors (Lipinski definition) is 1. The van der Waals surface area contributed by atoms with E-state index in [9.17, 15) is 4.79 Å². The predicted molar refractivity (Wildman–Crippen MR) is 95.4 cm³/mol. The zero-order valence-corrected chi connectivity index (χ0v) is 14.8. The molecule has 3 heterocycles. The fraction of sp³-hybridized carbons (Fsp3) is 0.500. The Hall–Kier alpha value is -2.57. The summed E-state index contributed by atoms with van der Waals surface area (Å²) in [6, 6.07) is 5.47. The Morgan fingerprint density at radius 3 is 2.92 bits per heavy atom. The lowest BCUT2D eigenvalue weighted by Crippen LogP contribution is -2.37. The van der Waals surface area contributed by atoms with Crippen LogP contribution in [0.4, 0.5) is 5.82 Å². The fourth-order valence-corrected chi connectivity index (χ4v) is 3.13. The summed E-state index contributed by atoms with van der Waals surface area (Å²) in [5.74, 6) is 2.18. The third-order valence-corrected chi connectivity index (χ3v) is 4.47. The first-order chi connectivity index (χ1) is 12.1. The Bertz CT molecular complexity index is 718. The van der Waals surface area contributed by atoms with Crippen LogP contribution < -0.4 is 10.2 Å². The minimum absolute atomic E-state index is 0.161. The molecular formula is C18H24N6O. The third kappa shape index (κ3) is 4.71. The molecule has 2 aromatic rings. The summed E-state index contributed by atoms with van der Waals surface area (Å²) in [5, 5.41) is 10.8. The van der Waals surface area contributed by atoms with Crippen molar-refractivity contribution in [3.8, 4) is 0 Å². The lowest BCUT2D eigenvalue weighted by molar-refractivity contribution is 0.0945. The molecule has 7 heteroatoms. The highest BCUT2D eigenvalue weighted by molar-refractivity contribution is 5.91. The first-order valence-corrected chi connectivity index (χ1v) is 8.75. The van der Waals surface area contributed by atoms with Crippen LogP contribution in [0.15, 0.2) is 24.4 Å². The molecule has 1 N–H and O–H groups in total. The van der Waals surface area contributed by atoms with E-state index in [1.54, 1.807) is 12.1 Å². The Balaban J connectivity index is 1.48. The van der Waals surface area contributed by atoms with E-state index in [4.69, 9.17) is 0 Å². The van der Waals surface area contributed by atoms with Gasteiger partial charge in [-0.1, -0.05) is 0 Å². The standard InChI is InChI=1S/C18H24N6O/c1-13-5-6-16(23-22-13)18(25)20-9-7-15-4-3-11-24(12-15)17-8-10-19-14(2)21-17/h5-6,8,10,15H,3-4,7,9,11-12H2,1-2H3,(H,20,25). The maximum atomic E-state index is 12.1. The summed E-state index contributed by atoms with van der Waals surface area (Å²) in [7, 11) is 0. The number of carbonyl (C=O) groups is 1. The monoisotopic (exact) mass is 340 g/mol. The van der Waals surface area contributed by atoms with Crippen molar-refractivity contribution in [1.29, 1.82) is 0 Å². The van der Waals surface area contributed by atoms with Gasteiger partial charge in [0.2, 0.25) is 0 Å². The van der Waals surface area contributed by atoms with Crippen molar-refractivity contribution in [2.75, 3.05) is 24.5 Å². The summed E-state index contributed by atoms with van der Waals surface area (Å²) in [5.41, 5.74) is 1.17. The van der Waals surface area contributed by atoms with Gasteiger partial charge in [-0.25, -0.2) is 9.97 Å². The predicted octanol–water partition coefficient (Wildman–Crippen LogP) is 1.92. The van der Waals surface area contributed by atoms with E-state index >= 15 is 0 Å². The maximum absolute atomic E-state index is 12.1.